The van der Waals surface area contributed by atoms with Gasteiger partial charge in [0.05, 0.1) is 15.2 Å². The van der Waals surface area contributed by atoms with Crippen molar-refractivity contribution in [1.82, 2.24) is 9.97 Å². The van der Waals surface area contributed by atoms with Crippen molar-refractivity contribution in [2.45, 2.75) is 18.8 Å². The van der Waals surface area contributed by atoms with E-state index in [0.717, 1.165) is 28.8 Å². The van der Waals surface area contributed by atoms with Crippen LogP contribution in [-0.2, 0) is 0 Å². The van der Waals surface area contributed by atoms with Gasteiger partial charge in [-0.1, -0.05) is 11.6 Å². The molecule has 0 spiro atoms. The highest BCUT2D eigenvalue weighted by Gasteiger charge is 2.29. The van der Waals surface area contributed by atoms with Crippen molar-refractivity contribution in [1.29, 1.82) is 0 Å². The fraction of sp³-hybridized carbons (Fsp3) is 0.286. The van der Waals surface area contributed by atoms with Gasteiger partial charge in [0.1, 0.15) is 11.6 Å². The van der Waals surface area contributed by atoms with Crippen molar-refractivity contribution in [2.75, 3.05) is 12.4 Å². The van der Waals surface area contributed by atoms with Crippen LogP contribution in [0.25, 0.3) is 11.4 Å². The van der Waals surface area contributed by atoms with Crippen LogP contribution in [0, 0.1) is 5.82 Å². The SMILES string of the molecule is CNc1nc(-c2ccc(F)c(Cl)c2)nc(C2CC2)c1Br. The summed E-state index contributed by atoms with van der Waals surface area (Å²) >= 11 is 9.37. The van der Waals surface area contributed by atoms with Gasteiger partial charge in [-0.2, -0.15) is 0 Å². The zero-order valence-electron chi connectivity index (χ0n) is 10.8. The van der Waals surface area contributed by atoms with E-state index in [1.807, 2.05) is 7.05 Å². The fourth-order valence-corrected chi connectivity index (χ4v) is 2.90. The average Bonchev–Trinajstić information content (AvgIpc) is 3.27. The predicted octanol–water partition coefficient (Wildman–Crippen LogP) is 4.62. The lowest BCUT2D eigenvalue weighted by molar-refractivity contribution is 0.628. The summed E-state index contributed by atoms with van der Waals surface area (Å²) in [5.41, 5.74) is 1.71. The van der Waals surface area contributed by atoms with Crippen molar-refractivity contribution in [3.05, 3.63) is 39.2 Å². The van der Waals surface area contributed by atoms with Gasteiger partial charge in [-0.3, -0.25) is 0 Å². The number of hydrogen-bond donors (Lipinski definition) is 1. The van der Waals surface area contributed by atoms with Crippen LogP contribution in [-0.4, -0.2) is 17.0 Å². The molecule has 0 amide bonds. The molecule has 6 heteroatoms. The highest BCUT2D eigenvalue weighted by atomic mass is 79.9. The lowest BCUT2D eigenvalue weighted by Gasteiger charge is -2.11. The van der Waals surface area contributed by atoms with Crippen LogP contribution in [0.2, 0.25) is 5.02 Å². The molecule has 1 fully saturated rings. The van der Waals surface area contributed by atoms with Crippen LogP contribution in [0.5, 0.6) is 0 Å². The topological polar surface area (TPSA) is 37.8 Å². The Morgan fingerprint density at radius 1 is 1.35 bits per heavy atom. The predicted molar refractivity (Wildman–Crippen MR) is 81.7 cm³/mol. The van der Waals surface area contributed by atoms with E-state index in [1.54, 1.807) is 12.1 Å². The number of hydrogen-bond acceptors (Lipinski definition) is 3. The Balaban J connectivity index is 2.12. The van der Waals surface area contributed by atoms with E-state index in [2.05, 4.69) is 31.2 Å². The minimum Gasteiger partial charge on any atom is -0.372 e. The summed E-state index contributed by atoms with van der Waals surface area (Å²) in [7, 11) is 1.81. The third-order valence-electron chi connectivity index (χ3n) is 3.26. The quantitative estimate of drug-likeness (QED) is 0.872. The Kier molecular flexibility index (Phi) is 3.65. The van der Waals surface area contributed by atoms with Crippen molar-refractivity contribution in [3.63, 3.8) is 0 Å². The summed E-state index contributed by atoms with van der Waals surface area (Å²) in [6, 6.07) is 4.52. The molecule has 3 rings (SSSR count). The molecule has 0 radical (unpaired) electrons. The second kappa shape index (κ2) is 5.30. The molecule has 1 aromatic heterocycles. The zero-order chi connectivity index (χ0) is 14.3. The maximum absolute atomic E-state index is 13.2. The van der Waals surface area contributed by atoms with Gasteiger partial charge in [0.2, 0.25) is 0 Å². The molecule has 104 valence electrons. The summed E-state index contributed by atoms with van der Waals surface area (Å²) in [5, 5.41) is 3.13. The fourth-order valence-electron chi connectivity index (χ4n) is 2.02. The number of aromatic nitrogens is 2. The normalized spacial score (nSPS) is 14.4. The molecule has 0 bridgehead atoms. The number of anilines is 1. The molecule has 3 nitrogen and oxygen atoms in total. The second-order valence-electron chi connectivity index (χ2n) is 4.75. The van der Waals surface area contributed by atoms with Crippen LogP contribution in [0.4, 0.5) is 10.2 Å². The van der Waals surface area contributed by atoms with Gasteiger partial charge in [0.15, 0.2) is 5.82 Å². The molecule has 1 aliphatic rings. The molecule has 1 aliphatic carbocycles. The third-order valence-corrected chi connectivity index (χ3v) is 4.33. The van der Waals surface area contributed by atoms with Crippen molar-refractivity contribution < 1.29 is 4.39 Å². The van der Waals surface area contributed by atoms with Crippen LogP contribution in [0.3, 0.4) is 0 Å². The molecule has 1 aromatic carbocycles. The van der Waals surface area contributed by atoms with E-state index >= 15 is 0 Å². The van der Waals surface area contributed by atoms with Gasteiger partial charge in [-0.05, 0) is 47.0 Å². The van der Waals surface area contributed by atoms with Crippen LogP contribution < -0.4 is 5.32 Å². The highest BCUT2D eigenvalue weighted by molar-refractivity contribution is 9.10. The molecule has 0 saturated heterocycles. The molecule has 0 atom stereocenters. The van der Waals surface area contributed by atoms with Gasteiger partial charge in [-0.25, -0.2) is 14.4 Å². The third kappa shape index (κ3) is 2.52. The molecule has 1 heterocycles. The summed E-state index contributed by atoms with van der Waals surface area (Å²) in [6.45, 7) is 0. The zero-order valence-corrected chi connectivity index (χ0v) is 13.1. The number of halogens is 3. The largest absolute Gasteiger partial charge is 0.372 e. The standard InChI is InChI=1S/C14H12BrClFN3/c1-18-14-11(15)12(7-2-3-7)19-13(20-14)8-4-5-10(17)9(16)6-8/h4-7H,2-3H2,1H3,(H,18,19,20). The molecular weight excluding hydrogens is 345 g/mol. The monoisotopic (exact) mass is 355 g/mol. The van der Waals surface area contributed by atoms with E-state index in [0.29, 0.717) is 17.3 Å². The van der Waals surface area contributed by atoms with Gasteiger partial charge in [0.25, 0.3) is 0 Å². The Morgan fingerprint density at radius 3 is 2.70 bits per heavy atom. The maximum atomic E-state index is 13.2. The Hall–Kier alpha value is -1.20. The Morgan fingerprint density at radius 2 is 2.10 bits per heavy atom. The second-order valence-corrected chi connectivity index (χ2v) is 5.95. The first-order valence-electron chi connectivity index (χ1n) is 6.30. The molecule has 20 heavy (non-hydrogen) atoms. The van der Waals surface area contributed by atoms with Gasteiger partial charge < -0.3 is 5.32 Å². The molecule has 1 saturated carbocycles. The minimum atomic E-state index is -0.441. The number of rotatable bonds is 3. The van der Waals surface area contributed by atoms with Gasteiger partial charge >= 0.3 is 0 Å². The first-order valence-corrected chi connectivity index (χ1v) is 7.48. The Labute approximate surface area is 129 Å². The van der Waals surface area contributed by atoms with E-state index in [4.69, 9.17) is 11.6 Å². The number of nitrogens with zero attached hydrogens (tertiary/aromatic N) is 2. The maximum Gasteiger partial charge on any atom is 0.161 e. The molecule has 0 aliphatic heterocycles. The first-order chi connectivity index (χ1) is 9.60. The highest BCUT2D eigenvalue weighted by Crippen LogP contribution is 2.44. The van der Waals surface area contributed by atoms with E-state index in [9.17, 15) is 4.39 Å². The molecule has 0 unspecified atom stereocenters. The van der Waals surface area contributed by atoms with Gasteiger partial charge in [-0.15, -0.1) is 0 Å². The summed E-state index contributed by atoms with van der Waals surface area (Å²) < 4.78 is 14.2. The minimum absolute atomic E-state index is 0.0769. The van der Waals surface area contributed by atoms with Crippen LogP contribution >= 0.6 is 27.5 Å². The molecule has 1 N–H and O–H groups in total. The molecule has 2 aromatic rings. The summed E-state index contributed by atoms with van der Waals surface area (Å²) in [6.07, 6.45) is 2.28. The average molecular weight is 357 g/mol. The lowest BCUT2D eigenvalue weighted by Crippen LogP contribution is -2.02. The van der Waals surface area contributed by atoms with Crippen molar-refractivity contribution in [3.8, 4) is 11.4 Å². The smallest absolute Gasteiger partial charge is 0.161 e. The van der Waals surface area contributed by atoms with E-state index in [-0.39, 0.29) is 5.02 Å². The van der Waals surface area contributed by atoms with Crippen molar-refractivity contribution >= 4 is 33.3 Å². The van der Waals surface area contributed by atoms with E-state index in [1.165, 1.54) is 6.07 Å². The van der Waals surface area contributed by atoms with Crippen molar-refractivity contribution in [2.24, 2.45) is 0 Å². The number of benzene rings is 1. The summed E-state index contributed by atoms with van der Waals surface area (Å²) in [5.74, 6) is 1.33. The number of nitrogens with one attached hydrogen (secondary N) is 1. The van der Waals surface area contributed by atoms with Gasteiger partial charge in [0, 0.05) is 18.5 Å². The lowest BCUT2D eigenvalue weighted by atomic mass is 10.2. The molecular formula is C14H12BrClFN3. The van der Waals surface area contributed by atoms with Crippen LogP contribution in [0.1, 0.15) is 24.5 Å². The summed E-state index contributed by atoms with van der Waals surface area (Å²) in [4.78, 5) is 9.06. The Bertz CT molecular complexity index is 674. The van der Waals surface area contributed by atoms with Crippen LogP contribution in [0.15, 0.2) is 22.7 Å². The first kappa shape index (κ1) is 13.8. The van der Waals surface area contributed by atoms with E-state index < -0.39 is 5.82 Å².